The Hall–Kier alpha value is -1.32. The van der Waals surface area contributed by atoms with Gasteiger partial charge in [-0.15, -0.1) is 0 Å². The third-order valence-corrected chi connectivity index (χ3v) is 2.33. The van der Waals surface area contributed by atoms with E-state index in [1.165, 1.54) is 0 Å². The van der Waals surface area contributed by atoms with Crippen molar-refractivity contribution in [1.29, 1.82) is 0 Å². The van der Waals surface area contributed by atoms with Gasteiger partial charge in [-0.25, -0.2) is 0 Å². The van der Waals surface area contributed by atoms with E-state index in [2.05, 4.69) is 24.0 Å². The van der Waals surface area contributed by atoms with E-state index in [-0.39, 0.29) is 5.91 Å². The van der Waals surface area contributed by atoms with Gasteiger partial charge in [-0.05, 0) is 19.8 Å². The number of aromatic nitrogens is 2. The van der Waals surface area contributed by atoms with Crippen LogP contribution in [0.5, 0.6) is 0 Å². The van der Waals surface area contributed by atoms with Crippen LogP contribution in [0.15, 0.2) is 6.20 Å². The molecule has 0 saturated carbocycles. The zero-order chi connectivity index (χ0) is 11.3. The molecule has 1 aromatic rings. The Morgan fingerprint density at radius 2 is 2.00 bits per heavy atom. The van der Waals surface area contributed by atoms with Crippen LogP contribution >= 0.6 is 0 Å². The molecular weight excluding hydrogens is 190 g/mol. The van der Waals surface area contributed by atoms with Crippen molar-refractivity contribution in [1.82, 2.24) is 15.1 Å². The summed E-state index contributed by atoms with van der Waals surface area (Å²) >= 11 is 0. The molecule has 0 aromatic carbocycles. The van der Waals surface area contributed by atoms with Gasteiger partial charge in [-0.2, -0.15) is 5.10 Å². The van der Waals surface area contributed by atoms with Crippen LogP contribution < -0.4 is 0 Å². The van der Waals surface area contributed by atoms with E-state index in [0.29, 0.717) is 5.56 Å². The maximum absolute atomic E-state index is 12.1. The van der Waals surface area contributed by atoms with Crippen molar-refractivity contribution in [2.45, 2.75) is 33.6 Å². The Labute approximate surface area is 90.7 Å². The highest BCUT2D eigenvalue weighted by molar-refractivity contribution is 5.94. The standard InChI is InChI=1S/C11H19N3O/c1-4-6-14(7-5-2)11(15)10-8-12-13-9(10)3/h8H,4-7H2,1-3H3,(H,12,13). The zero-order valence-corrected chi connectivity index (χ0v) is 9.71. The lowest BCUT2D eigenvalue weighted by Gasteiger charge is -2.20. The molecular formula is C11H19N3O. The number of H-pyrrole nitrogens is 1. The number of aromatic amines is 1. The van der Waals surface area contributed by atoms with Gasteiger partial charge in [-0.3, -0.25) is 9.89 Å². The summed E-state index contributed by atoms with van der Waals surface area (Å²) < 4.78 is 0. The summed E-state index contributed by atoms with van der Waals surface area (Å²) in [6.45, 7) is 7.67. The van der Waals surface area contributed by atoms with Crippen LogP contribution in [-0.4, -0.2) is 34.1 Å². The first-order valence-electron chi connectivity index (χ1n) is 5.49. The molecule has 0 spiro atoms. The number of rotatable bonds is 5. The number of nitrogens with zero attached hydrogens (tertiary/aromatic N) is 2. The van der Waals surface area contributed by atoms with Gasteiger partial charge in [0.25, 0.3) is 5.91 Å². The Kier molecular flexibility index (Phi) is 4.34. The van der Waals surface area contributed by atoms with Crippen molar-refractivity contribution < 1.29 is 4.79 Å². The molecule has 4 nitrogen and oxygen atoms in total. The van der Waals surface area contributed by atoms with Crippen molar-refractivity contribution in [3.63, 3.8) is 0 Å². The summed E-state index contributed by atoms with van der Waals surface area (Å²) in [6, 6.07) is 0. The molecule has 84 valence electrons. The minimum absolute atomic E-state index is 0.0879. The maximum Gasteiger partial charge on any atom is 0.257 e. The number of aryl methyl sites for hydroxylation is 1. The number of hydrogen-bond donors (Lipinski definition) is 1. The topological polar surface area (TPSA) is 49.0 Å². The summed E-state index contributed by atoms with van der Waals surface area (Å²) in [4.78, 5) is 14.0. The number of carbonyl (C=O) groups is 1. The molecule has 0 bridgehead atoms. The van der Waals surface area contributed by atoms with E-state index in [4.69, 9.17) is 0 Å². The number of amides is 1. The van der Waals surface area contributed by atoms with Crippen molar-refractivity contribution in [3.8, 4) is 0 Å². The first-order chi connectivity index (χ1) is 7.20. The summed E-state index contributed by atoms with van der Waals surface area (Å²) in [5.74, 6) is 0.0879. The first kappa shape index (κ1) is 11.8. The predicted molar refractivity (Wildman–Crippen MR) is 59.8 cm³/mol. The molecule has 0 aliphatic heterocycles. The average Bonchev–Trinajstić information content (AvgIpc) is 2.63. The molecule has 0 fully saturated rings. The van der Waals surface area contributed by atoms with Gasteiger partial charge >= 0.3 is 0 Å². The van der Waals surface area contributed by atoms with E-state index in [1.807, 2.05) is 11.8 Å². The smallest absolute Gasteiger partial charge is 0.257 e. The molecule has 4 heteroatoms. The summed E-state index contributed by atoms with van der Waals surface area (Å²) in [5, 5.41) is 6.66. The van der Waals surface area contributed by atoms with E-state index >= 15 is 0 Å². The second kappa shape index (κ2) is 5.53. The highest BCUT2D eigenvalue weighted by Gasteiger charge is 2.17. The Balaban J connectivity index is 2.76. The van der Waals surface area contributed by atoms with Crippen LogP contribution in [0, 0.1) is 6.92 Å². The van der Waals surface area contributed by atoms with Crippen molar-refractivity contribution in [2.75, 3.05) is 13.1 Å². The highest BCUT2D eigenvalue weighted by atomic mass is 16.2. The number of nitrogens with one attached hydrogen (secondary N) is 1. The van der Waals surface area contributed by atoms with Crippen LogP contribution in [-0.2, 0) is 0 Å². The lowest BCUT2D eigenvalue weighted by Crippen LogP contribution is -2.32. The quantitative estimate of drug-likeness (QED) is 0.806. The molecule has 1 amide bonds. The van der Waals surface area contributed by atoms with E-state index in [1.54, 1.807) is 6.20 Å². The minimum Gasteiger partial charge on any atom is -0.339 e. The fourth-order valence-corrected chi connectivity index (χ4v) is 1.59. The normalized spacial score (nSPS) is 10.3. The van der Waals surface area contributed by atoms with Gasteiger partial charge < -0.3 is 4.90 Å². The number of hydrogen-bond acceptors (Lipinski definition) is 2. The highest BCUT2D eigenvalue weighted by Crippen LogP contribution is 2.08. The van der Waals surface area contributed by atoms with Crippen molar-refractivity contribution >= 4 is 5.91 Å². The summed E-state index contributed by atoms with van der Waals surface area (Å²) in [6.07, 6.45) is 3.58. The van der Waals surface area contributed by atoms with Gasteiger partial charge in [-0.1, -0.05) is 13.8 Å². The third kappa shape index (κ3) is 2.81. The second-order valence-corrected chi connectivity index (χ2v) is 3.70. The number of carbonyl (C=O) groups excluding carboxylic acids is 1. The fourth-order valence-electron chi connectivity index (χ4n) is 1.59. The Bertz CT molecular complexity index is 313. The molecule has 1 rings (SSSR count). The lowest BCUT2D eigenvalue weighted by molar-refractivity contribution is 0.0755. The predicted octanol–water partition coefficient (Wildman–Crippen LogP) is 1.98. The largest absolute Gasteiger partial charge is 0.339 e. The molecule has 0 saturated heterocycles. The Morgan fingerprint density at radius 3 is 2.40 bits per heavy atom. The minimum atomic E-state index is 0.0879. The molecule has 0 aliphatic rings. The van der Waals surface area contributed by atoms with E-state index < -0.39 is 0 Å². The van der Waals surface area contributed by atoms with Gasteiger partial charge in [0.15, 0.2) is 0 Å². The van der Waals surface area contributed by atoms with Crippen LogP contribution in [0.25, 0.3) is 0 Å². The first-order valence-corrected chi connectivity index (χ1v) is 5.49. The van der Waals surface area contributed by atoms with Crippen molar-refractivity contribution in [3.05, 3.63) is 17.5 Å². The van der Waals surface area contributed by atoms with Gasteiger partial charge in [0.1, 0.15) is 0 Å². The van der Waals surface area contributed by atoms with Crippen LogP contribution in [0.4, 0.5) is 0 Å². The van der Waals surface area contributed by atoms with E-state index in [0.717, 1.165) is 31.6 Å². The molecule has 0 unspecified atom stereocenters. The lowest BCUT2D eigenvalue weighted by atomic mass is 10.2. The van der Waals surface area contributed by atoms with Crippen LogP contribution in [0.3, 0.4) is 0 Å². The third-order valence-electron chi connectivity index (χ3n) is 2.33. The molecule has 1 N–H and O–H groups in total. The molecule has 0 aliphatic carbocycles. The van der Waals surface area contributed by atoms with Gasteiger partial charge in [0.2, 0.25) is 0 Å². The average molecular weight is 209 g/mol. The van der Waals surface area contributed by atoms with Crippen LogP contribution in [0.2, 0.25) is 0 Å². The molecule has 0 radical (unpaired) electrons. The van der Waals surface area contributed by atoms with Crippen LogP contribution in [0.1, 0.15) is 42.7 Å². The van der Waals surface area contributed by atoms with E-state index in [9.17, 15) is 4.79 Å². The van der Waals surface area contributed by atoms with Gasteiger partial charge in [0, 0.05) is 18.8 Å². The maximum atomic E-state index is 12.1. The SMILES string of the molecule is CCCN(CCC)C(=O)c1cn[nH]c1C. The van der Waals surface area contributed by atoms with Gasteiger partial charge in [0.05, 0.1) is 11.8 Å². The van der Waals surface area contributed by atoms with Crippen molar-refractivity contribution in [2.24, 2.45) is 0 Å². The molecule has 1 heterocycles. The molecule has 0 atom stereocenters. The molecule has 15 heavy (non-hydrogen) atoms. The molecule has 1 aromatic heterocycles. The Morgan fingerprint density at radius 1 is 1.40 bits per heavy atom. The summed E-state index contributed by atoms with van der Waals surface area (Å²) in [7, 11) is 0. The summed E-state index contributed by atoms with van der Waals surface area (Å²) in [5.41, 5.74) is 1.54. The zero-order valence-electron chi connectivity index (χ0n) is 9.71. The monoisotopic (exact) mass is 209 g/mol. The fraction of sp³-hybridized carbons (Fsp3) is 0.636. The second-order valence-electron chi connectivity index (χ2n) is 3.70.